The number of benzene rings is 1. The highest BCUT2D eigenvalue weighted by atomic mass is 79.9. The number of fused-ring (bicyclic) bond motifs is 1. The Morgan fingerprint density at radius 2 is 2.29 bits per heavy atom. The minimum absolute atomic E-state index is 0.0231. The summed E-state index contributed by atoms with van der Waals surface area (Å²) in [7, 11) is 1.79. The molecule has 3 nitrogen and oxygen atoms in total. The Hall–Kier alpha value is -0.870. The van der Waals surface area contributed by atoms with Crippen molar-refractivity contribution in [1.29, 1.82) is 0 Å². The molecule has 14 heavy (non-hydrogen) atoms. The van der Waals surface area contributed by atoms with Crippen LogP contribution < -0.4 is 5.73 Å². The fourth-order valence-electron chi connectivity index (χ4n) is 1.83. The number of hydrogen-bond acceptors (Lipinski definition) is 2. The zero-order valence-electron chi connectivity index (χ0n) is 7.83. The SMILES string of the molecule is CN1C(=O)c2ccc(Br)cc2[C@H]1CN. The van der Waals surface area contributed by atoms with Crippen LogP contribution >= 0.6 is 15.9 Å². The van der Waals surface area contributed by atoms with Gasteiger partial charge in [-0.15, -0.1) is 0 Å². The van der Waals surface area contributed by atoms with Gasteiger partial charge in [-0.25, -0.2) is 0 Å². The molecule has 0 aromatic heterocycles. The van der Waals surface area contributed by atoms with Crippen LogP contribution in [-0.2, 0) is 0 Å². The first-order valence-corrected chi connectivity index (χ1v) is 5.21. The molecule has 2 N–H and O–H groups in total. The van der Waals surface area contributed by atoms with Gasteiger partial charge in [-0.3, -0.25) is 4.79 Å². The van der Waals surface area contributed by atoms with Crippen LogP contribution in [0.3, 0.4) is 0 Å². The number of rotatable bonds is 1. The zero-order valence-corrected chi connectivity index (χ0v) is 9.41. The van der Waals surface area contributed by atoms with Crippen molar-refractivity contribution < 1.29 is 4.79 Å². The van der Waals surface area contributed by atoms with Crippen molar-refractivity contribution in [2.24, 2.45) is 5.73 Å². The molecule has 0 bridgehead atoms. The van der Waals surface area contributed by atoms with E-state index >= 15 is 0 Å². The number of nitrogens with zero attached hydrogens (tertiary/aromatic N) is 1. The van der Waals surface area contributed by atoms with Gasteiger partial charge < -0.3 is 10.6 Å². The van der Waals surface area contributed by atoms with Crippen LogP contribution in [0.2, 0.25) is 0 Å². The average Bonchev–Trinajstić information content (AvgIpc) is 2.39. The summed E-state index contributed by atoms with van der Waals surface area (Å²) in [5, 5.41) is 0. The van der Waals surface area contributed by atoms with E-state index in [1.807, 2.05) is 18.2 Å². The fraction of sp³-hybridized carbons (Fsp3) is 0.300. The molecule has 1 aliphatic heterocycles. The van der Waals surface area contributed by atoms with E-state index in [0.29, 0.717) is 6.54 Å². The lowest BCUT2D eigenvalue weighted by molar-refractivity contribution is 0.0778. The normalized spacial score (nSPS) is 20.1. The number of carbonyl (C=O) groups excluding carboxylic acids is 1. The van der Waals surface area contributed by atoms with Crippen molar-refractivity contribution in [3.05, 3.63) is 33.8 Å². The van der Waals surface area contributed by atoms with Crippen LogP contribution in [0, 0.1) is 0 Å². The summed E-state index contributed by atoms with van der Waals surface area (Å²) in [5.41, 5.74) is 7.43. The van der Waals surface area contributed by atoms with E-state index < -0.39 is 0 Å². The number of nitrogens with two attached hydrogens (primary N) is 1. The van der Waals surface area contributed by atoms with E-state index in [0.717, 1.165) is 15.6 Å². The van der Waals surface area contributed by atoms with Crippen LogP contribution in [0.15, 0.2) is 22.7 Å². The number of halogens is 1. The Labute approximate surface area is 91.0 Å². The molecular formula is C10H11BrN2O. The van der Waals surface area contributed by atoms with E-state index in [1.54, 1.807) is 11.9 Å². The maximum Gasteiger partial charge on any atom is 0.254 e. The van der Waals surface area contributed by atoms with E-state index in [-0.39, 0.29) is 11.9 Å². The molecule has 0 radical (unpaired) electrons. The van der Waals surface area contributed by atoms with Gasteiger partial charge in [0.1, 0.15) is 0 Å². The Morgan fingerprint density at radius 1 is 1.57 bits per heavy atom. The van der Waals surface area contributed by atoms with Crippen molar-refractivity contribution in [2.75, 3.05) is 13.6 Å². The molecule has 0 unspecified atom stereocenters. The first-order valence-electron chi connectivity index (χ1n) is 4.42. The van der Waals surface area contributed by atoms with Gasteiger partial charge in [0.25, 0.3) is 5.91 Å². The maximum atomic E-state index is 11.7. The fourth-order valence-corrected chi connectivity index (χ4v) is 2.21. The second kappa shape index (κ2) is 3.37. The minimum Gasteiger partial charge on any atom is -0.333 e. The molecule has 0 aliphatic carbocycles. The average molecular weight is 255 g/mol. The van der Waals surface area contributed by atoms with Crippen LogP contribution in [0.25, 0.3) is 0 Å². The lowest BCUT2D eigenvalue weighted by atomic mass is 10.1. The Balaban J connectivity index is 2.56. The topological polar surface area (TPSA) is 46.3 Å². The predicted octanol–water partition coefficient (Wildman–Crippen LogP) is 1.53. The number of hydrogen-bond donors (Lipinski definition) is 1. The number of amides is 1. The third-order valence-electron chi connectivity index (χ3n) is 2.61. The number of likely N-dealkylation sites (N-methyl/N-ethyl adjacent to an activating group) is 1. The van der Waals surface area contributed by atoms with E-state index in [1.165, 1.54) is 0 Å². The van der Waals surface area contributed by atoms with E-state index in [9.17, 15) is 4.79 Å². The maximum absolute atomic E-state index is 11.7. The summed E-state index contributed by atoms with van der Waals surface area (Å²) in [6.07, 6.45) is 0. The smallest absolute Gasteiger partial charge is 0.254 e. The van der Waals surface area contributed by atoms with Gasteiger partial charge in [-0.2, -0.15) is 0 Å². The van der Waals surface area contributed by atoms with Gasteiger partial charge in [0.2, 0.25) is 0 Å². The van der Waals surface area contributed by atoms with Crippen molar-refractivity contribution in [3.63, 3.8) is 0 Å². The third kappa shape index (κ3) is 1.26. The zero-order chi connectivity index (χ0) is 10.3. The van der Waals surface area contributed by atoms with Crippen molar-refractivity contribution >= 4 is 21.8 Å². The third-order valence-corrected chi connectivity index (χ3v) is 3.11. The quantitative estimate of drug-likeness (QED) is 0.827. The second-order valence-corrected chi connectivity index (χ2v) is 4.31. The van der Waals surface area contributed by atoms with Crippen LogP contribution in [-0.4, -0.2) is 24.4 Å². The van der Waals surface area contributed by atoms with Gasteiger partial charge in [0, 0.05) is 23.6 Å². The second-order valence-electron chi connectivity index (χ2n) is 3.40. The van der Waals surface area contributed by atoms with Crippen LogP contribution in [0.5, 0.6) is 0 Å². The summed E-state index contributed by atoms with van der Waals surface area (Å²) in [6, 6.07) is 5.71. The summed E-state index contributed by atoms with van der Waals surface area (Å²) in [4.78, 5) is 13.4. The van der Waals surface area contributed by atoms with Crippen molar-refractivity contribution in [3.8, 4) is 0 Å². The molecular weight excluding hydrogens is 244 g/mol. The summed E-state index contributed by atoms with van der Waals surface area (Å²) in [5.74, 6) is 0.0583. The highest BCUT2D eigenvalue weighted by molar-refractivity contribution is 9.10. The molecule has 2 rings (SSSR count). The van der Waals surface area contributed by atoms with Crippen molar-refractivity contribution in [2.45, 2.75) is 6.04 Å². The van der Waals surface area contributed by atoms with Gasteiger partial charge in [-0.05, 0) is 23.8 Å². The molecule has 1 amide bonds. The largest absolute Gasteiger partial charge is 0.333 e. The minimum atomic E-state index is 0.0231. The molecule has 1 heterocycles. The lowest BCUT2D eigenvalue weighted by Gasteiger charge is -2.18. The number of carbonyl (C=O) groups is 1. The van der Waals surface area contributed by atoms with E-state index in [2.05, 4.69) is 15.9 Å². The summed E-state index contributed by atoms with van der Waals surface area (Å²) in [6.45, 7) is 0.464. The highest BCUT2D eigenvalue weighted by Gasteiger charge is 2.32. The first-order chi connectivity index (χ1) is 6.65. The van der Waals surface area contributed by atoms with Gasteiger partial charge in [-0.1, -0.05) is 15.9 Å². The van der Waals surface area contributed by atoms with Crippen LogP contribution in [0.4, 0.5) is 0 Å². The molecule has 1 aromatic rings. The van der Waals surface area contributed by atoms with E-state index in [4.69, 9.17) is 5.73 Å². The predicted molar refractivity (Wildman–Crippen MR) is 58.0 cm³/mol. The highest BCUT2D eigenvalue weighted by Crippen LogP contribution is 2.33. The molecule has 1 aromatic carbocycles. The lowest BCUT2D eigenvalue weighted by Crippen LogP contribution is -2.28. The molecule has 0 fully saturated rings. The summed E-state index contributed by atoms with van der Waals surface area (Å²) >= 11 is 3.39. The van der Waals surface area contributed by atoms with Gasteiger partial charge in [0.15, 0.2) is 0 Å². The molecule has 0 spiro atoms. The monoisotopic (exact) mass is 254 g/mol. The van der Waals surface area contributed by atoms with Gasteiger partial charge in [0.05, 0.1) is 6.04 Å². The first kappa shape index (κ1) is 9.68. The Kier molecular flexibility index (Phi) is 2.33. The molecule has 74 valence electrons. The Bertz CT molecular complexity index is 392. The van der Waals surface area contributed by atoms with Crippen molar-refractivity contribution in [1.82, 2.24) is 4.90 Å². The molecule has 0 saturated carbocycles. The molecule has 1 aliphatic rings. The molecule has 1 atom stereocenters. The Morgan fingerprint density at radius 3 is 2.93 bits per heavy atom. The standard InChI is InChI=1S/C10H11BrN2O/c1-13-9(5-12)8-4-6(11)2-3-7(8)10(13)14/h2-4,9H,5,12H2,1H3/t9-/m1/s1. The molecule has 4 heteroatoms. The van der Waals surface area contributed by atoms with Gasteiger partial charge >= 0.3 is 0 Å². The van der Waals surface area contributed by atoms with Crippen LogP contribution in [0.1, 0.15) is 22.0 Å². The molecule has 0 saturated heterocycles. The summed E-state index contributed by atoms with van der Waals surface area (Å²) < 4.78 is 0.984.